The molecular formula is C8H16N2. The van der Waals surface area contributed by atoms with Gasteiger partial charge in [0.25, 0.3) is 0 Å². The molecule has 0 aromatic rings. The van der Waals surface area contributed by atoms with E-state index < -0.39 is 0 Å². The molecule has 0 radical (unpaired) electrons. The Kier molecular flexibility index (Phi) is 4.63. The first-order chi connectivity index (χ1) is 4.70. The van der Waals surface area contributed by atoms with Crippen LogP contribution in [0.25, 0.3) is 0 Å². The fourth-order valence-corrected chi connectivity index (χ4v) is 0.654. The lowest BCUT2D eigenvalue weighted by Crippen LogP contribution is -2.07. The summed E-state index contributed by atoms with van der Waals surface area (Å²) >= 11 is 0. The molecule has 0 heterocycles. The van der Waals surface area contributed by atoms with Gasteiger partial charge in [-0.05, 0) is 13.3 Å². The quantitative estimate of drug-likeness (QED) is 0.432. The summed E-state index contributed by atoms with van der Waals surface area (Å²) in [7, 11) is 3.75. The van der Waals surface area contributed by atoms with Crippen LogP contribution in [-0.2, 0) is 0 Å². The molecule has 0 aliphatic carbocycles. The van der Waals surface area contributed by atoms with E-state index in [-0.39, 0.29) is 0 Å². The van der Waals surface area contributed by atoms with E-state index in [4.69, 9.17) is 0 Å². The van der Waals surface area contributed by atoms with Crippen molar-refractivity contribution in [3.63, 3.8) is 0 Å². The van der Waals surface area contributed by atoms with Crippen molar-refractivity contribution in [2.75, 3.05) is 14.1 Å². The van der Waals surface area contributed by atoms with Gasteiger partial charge in [-0.25, -0.2) is 0 Å². The van der Waals surface area contributed by atoms with Gasteiger partial charge in [-0.2, -0.15) is 0 Å². The van der Waals surface area contributed by atoms with Crippen molar-refractivity contribution in [3.05, 3.63) is 11.8 Å². The minimum Gasteiger partial charge on any atom is -0.343 e. The molecule has 0 aromatic carbocycles. The highest BCUT2D eigenvalue weighted by Crippen LogP contribution is 1.97. The van der Waals surface area contributed by atoms with E-state index in [0.29, 0.717) is 0 Å². The molecule has 0 N–H and O–H groups in total. The summed E-state index contributed by atoms with van der Waals surface area (Å²) in [6, 6.07) is 0. The van der Waals surface area contributed by atoms with Crippen LogP contribution in [0.2, 0.25) is 0 Å². The smallest absolute Gasteiger partial charge is 0.0883 e. The van der Waals surface area contributed by atoms with Crippen molar-refractivity contribution in [1.82, 2.24) is 4.90 Å². The van der Waals surface area contributed by atoms with E-state index in [9.17, 15) is 0 Å². The van der Waals surface area contributed by atoms with E-state index in [2.05, 4.69) is 25.0 Å². The lowest BCUT2D eigenvalue weighted by molar-refractivity contribution is 0.695. The summed E-state index contributed by atoms with van der Waals surface area (Å²) in [4.78, 5) is 5.84. The molecule has 0 amide bonds. The number of rotatable bonds is 3. The molecule has 2 nitrogen and oxygen atoms in total. The summed E-state index contributed by atoms with van der Waals surface area (Å²) in [5.74, 6) is 0. The maximum atomic E-state index is 3.88. The van der Waals surface area contributed by atoms with Gasteiger partial charge in [0.1, 0.15) is 0 Å². The van der Waals surface area contributed by atoms with Gasteiger partial charge in [0.15, 0.2) is 0 Å². The van der Waals surface area contributed by atoms with Gasteiger partial charge < -0.3 is 4.90 Å². The Morgan fingerprint density at radius 2 is 2.20 bits per heavy atom. The Labute approximate surface area is 63.3 Å². The fraction of sp³-hybridized carbons (Fsp3) is 0.625. The Morgan fingerprint density at radius 1 is 1.60 bits per heavy atom. The molecule has 0 aromatic heterocycles. The predicted octanol–water partition coefficient (Wildman–Crippen LogP) is 1.89. The first-order valence-corrected chi connectivity index (χ1v) is 3.52. The number of nitrogens with zero attached hydrogens (tertiary/aromatic N) is 2. The molecular weight excluding hydrogens is 124 g/mol. The minimum atomic E-state index is 1.10. The zero-order valence-corrected chi connectivity index (χ0v) is 7.26. The van der Waals surface area contributed by atoms with Gasteiger partial charge in [-0.3, -0.25) is 4.99 Å². The van der Waals surface area contributed by atoms with Crippen LogP contribution in [0.15, 0.2) is 16.8 Å². The molecule has 0 aliphatic heterocycles. The van der Waals surface area contributed by atoms with E-state index >= 15 is 0 Å². The third-order valence-corrected chi connectivity index (χ3v) is 1.28. The standard InChI is InChI=1S/C8H16N2/c1-5-8(2)6-10(4)7-9-3/h6-7H,5H2,1-4H3/b8-6-,9-7-. The first-order valence-electron chi connectivity index (χ1n) is 3.52. The van der Waals surface area contributed by atoms with Gasteiger partial charge >= 0.3 is 0 Å². The zero-order chi connectivity index (χ0) is 7.98. The van der Waals surface area contributed by atoms with Crippen molar-refractivity contribution < 1.29 is 0 Å². The first kappa shape index (κ1) is 9.21. The average Bonchev–Trinajstić information content (AvgIpc) is 1.88. The molecule has 10 heavy (non-hydrogen) atoms. The van der Waals surface area contributed by atoms with Crippen molar-refractivity contribution >= 4 is 6.34 Å². The summed E-state index contributed by atoms with van der Waals surface area (Å²) < 4.78 is 0. The van der Waals surface area contributed by atoms with Crippen molar-refractivity contribution in [2.45, 2.75) is 20.3 Å². The minimum absolute atomic E-state index is 1.10. The molecule has 0 fully saturated rings. The molecule has 2 heteroatoms. The lowest BCUT2D eigenvalue weighted by Gasteiger charge is -2.06. The van der Waals surface area contributed by atoms with Crippen LogP contribution in [0.5, 0.6) is 0 Å². The molecule has 0 atom stereocenters. The molecule has 0 unspecified atom stereocenters. The van der Waals surface area contributed by atoms with Crippen LogP contribution in [0.4, 0.5) is 0 Å². The summed E-state index contributed by atoms with van der Waals surface area (Å²) in [6.45, 7) is 4.25. The summed E-state index contributed by atoms with van der Waals surface area (Å²) in [6.07, 6.45) is 4.97. The molecule has 0 saturated carbocycles. The van der Waals surface area contributed by atoms with Gasteiger partial charge in [0, 0.05) is 20.3 Å². The van der Waals surface area contributed by atoms with Gasteiger partial charge in [0.2, 0.25) is 0 Å². The lowest BCUT2D eigenvalue weighted by atomic mass is 10.2. The number of allylic oxidation sites excluding steroid dienone is 1. The molecule has 0 spiro atoms. The second kappa shape index (κ2) is 5.03. The molecule has 0 saturated heterocycles. The normalized spacial score (nSPS) is 12.6. The number of aliphatic imine (C=N–C) groups is 1. The van der Waals surface area contributed by atoms with Crippen LogP contribution >= 0.6 is 0 Å². The van der Waals surface area contributed by atoms with Gasteiger partial charge in [-0.15, -0.1) is 0 Å². The maximum absolute atomic E-state index is 3.88. The highest BCUT2D eigenvalue weighted by atomic mass is 15.1. The molecule has 58 valence electrons. The predicted molar refractivity (Wildman–Crippen MR) is 46.2 cm³/mol. The molecule has 0 aliphatic rings. The van der Waals surface area contributed by atoms with E-state index in [0.717, 1.165) is 6.42 Å². The van der Waals surface area contributed by atoms with Crippen LogP contribution < -0.4 is 0 Å². The third-order valence-electron chi connectivity index (χ3n) is 1.28. The van der Waals surface area contributed by atoms with Crippen LogP contribution in [0.1, 0.15) is 20.3 Å². The number of hydrogen-bond donors (Lipinski definition) is 0. The largest absolute Gasteiger partial charge is 0.343 e. The van der Waals surface area contributed by atoms with Crippen LogP contribution in [-0.4, -0.2) is 25.3 Å². The topological polar surface area (TPSA) is 15.6 Å². The number of hydrogen-bond acceptors (Lipinski definition) is 1. The van der Waals surface area contributed by atoms with Crippen LogP contribution in [0.3, 0.4) is 0 Å². The Morgan fingerprint density at radius 3 is 2.60 bits per heavy atom. The summed E-state index contributed by atoms with van der Waals surface area (Å²) in [5, 5.41) is 0. The Bertz CT molecular complexity index is 136. The maximum Gasteiger partial charge on any atom is 0.0883 e. The van der Waals surface area contributed by atoms with Gasteiger partial charge in [-0.1, -0.05) is 12.5 Å². The second-order valence-corrected chi connectivity index (χ2v) is 2.37. The summed E-state index contributed by atoms with van der Waals surface area (Å²) in [5.41, 5.74) is 1.36. The van der Waals surface area contributed by atoms with E-state index in [1.54, 1.807) is 13.4 Å². The molecule has 0 bridgehead atoms. The van der Waals surface area contributed by atoms with Crippen molar-refractivity contribution in [3.8, 4) is 0 Å². The van der Waals surface area contributed by atoms with Gasteiger partial charge in [0.05, 0.1) is 6.34 Å². The highest BCUT2D eigenvalue weighted by molar-refractivity contribution is 5.55. The monoisotopic (exact) mass is 140 g/mol. The van der Waals surface area contributed by atoms with Crippen molar-refractivity contribution in [1.29, 1.82) is 0 Å². The van der Waals surface area contributed by atoms with Crippen LogP contribution in [0, 0.1) is 0 Å². The molecule has 0 rings (SSSR count). The Balaban J connectivity index is 3.86. The van der Waals surface area contributed by atoms with E-state index in [1.807, 2.05) is 11.9 Å². The highest BCUT2D eigenvalue weighted by Gasteiger charge is 1.85. The average molecular weight is 140 g/mol. The SMILES string of the molecule is CC/C(C)=C\N(C)/C=N\C. The Hall–Kier alpha value is -0.790. The van der Waals surface area contributed by atoms with E-state index in [1.165, 1.54) is 5.57 Å². The van der Waals surface area contributed by atoms with Crippen molar-refractivity contribution in [2.24, 2.45) is 4.99 Å². The zero-order valence-electron chi connectivity index (χ0n) is 7.26. The second-order valence-electron chi connectivity index (χ2n) is 2.37. The fourth-order valence-electron chi connectivity index (χ4n) is 0.654. The third kappa shape index (κ3) is 4.13.